The molecule has 0 amide bonds. The number of nitriles is 1. The Kier molecular flexibility index (Phi) is 8.52. The second kappa shape index (κ2) is 11.7. The van der Waals surface area contributed by atoms with Crippen LogP contribution in [0.4, 0.5) is 24.5 Å². The van der Waals surface area contributed by atoms with Crippen LogP contribution in [-0.2, 0) is 16.4 Å². The number of alkyl halides is 3. The second-order valence-electron chi connectivity index (χ2n) is 9.84. The predicted octanol–water partition coefficient (Wildman–Crippen LogP) is 4.34. The van der Waals surface area contributed by atoms with E-state index in [0.29, 0.717) is 46.6 Å². The molecule has 1 saturated heterocycles. The third kappa shape index (κ3) is 7.00. The number of nitrogens with zero attached hydrogens (tertiary/aromatic N) is 3. The van der Waals surface area contributed by atoms with Gasteiger partial charge in [-0.3, -0.25) is 0 Å². The first-order chi connectivity index (χ1) is 18.9. The van der Waals surface area contributed by atoms with E-state index in [2.05, 4.69) is 33.4 Å². The van der Waals surface area contributed by atoms with E-state index in [1.165, 1.54) is 25.4 Å². The molecule has 1 aliphatic heterocycles. The van der Waals surface area contributed by atoms with Crippen LogP contribution >= 0.6 is 0 Å². The summed E-state index contributed by atoms with van der Waals surface area (Å²) in [6.07, 6.45) is -1.17. The summed E-state index contributed by atoms with van der Waals surface area (Å²) in [6.45, 7) is 0.379. The van der Waals surface area contributed by atoms with Crippen LogP contribution in [0.25, 0.3) is 10.9 Å². The Morgan fingerprint density at radius 3 is 2.62 bits per heavy atom. The topological polar surface area (TPSA) is 99.4 Å². The molecule has 0 spiro atoms. The third-order valence-electron chi connectivity index (χ3n) is 6.76. The van der Waals surface area contributed by atoms with Crippen molar-refractivity contribution in [3.8, 4) is 23.7 Å². The van der Waals surface area contributed by atoms with Crippen molar-refractivity contribution < 1.29 is 26.3 Å². The molecule has 0 aliphatic carbocycles. The van der Waals surface area contributed by atoms with Crippen LogP contribution in [0.3, 0.4) is 0 Å². The zero-order valence-corrected chi connectivity index (χ0v) is 23.2. The summed E-state index contributed by atoms with van der Waals surface area (Å²) in [4.78, 5) is 2.21. The average Bonchev–Trinajstić information content (AvgIpc) is 3.28. The van der Waals surface area contributed by atoms with Crippen LogP contribution < -0.4 is 15.4 Å². The number of fused-ring (bicyclic) bond motifs is 1. The zero-order chi connectivity index (χ0) is 29.1. The molecule has 0 saturated carbocycles. The number of halogens is 3. The number of sulfone groups is 1. The van der Waals surface area contributed by atoms with E-state index >= 15 is 0 Å². The molecule has 8 nitrogen and oxygen atoms in total. The molecule has 3 aromatic rings. The van der Waals surface area contributed by atoms with Crippen molar-refractivity contribution in [1.82, 2.24) is 9.47 Å². The lowest BCUT2D eigenvalue weighted by molar-refractivity contribution is -0.139. The molecular formula is C28H30F3N5O3S. The molecule has 2 atom stereocenters. The van der Waals surface area contributed by atoms with Crippen LogP contribution in [0.1, 0.15) is 12.0 Å². The molecule has 1 fully saturated rings. The van der Waals surface area contributed by atoms with Gasteiger partial charge in [-0.15, -0.1) is 0 Å². The standard InChI is InChI=1S/C28H30F3N5O3S/c1-35-11-9-23(20(16-32)17-35)34-24-13-19(14-26-22(24)8-12-36(26)18-28(29,30)31)5-4-10-33-25-15-21(40(3,37)38)6-7-27(25)39-2/h6-8,12-15,20,23,33-34H,9-11,17-18H2,1-3H3/t20-,23+/m0/s1. The Morgan fingerprint density at radius 1 is 1.18 bits per heavy atom. The molecular weight excluding hydrogens is 543 g/mol. The van der Waals surface area contributed by atoms with Crippen molar-refractivity contribution in [2.24, 2.45) is 5.92 Å². The molecule has 2 aromatic carbocycles. The summed E-state index contributed by atoms with van der Waals surface area (Å²) < 4.78 is 70.1. The fourth-order valence-corrected chi connectivity index (χ4v) is 5.43. The van der Waals surface area contributed by atoms with Gasteiger partial charge < -0.3 is 24.8 Å². The highest BCUT2D eigenvalue weighted by Gasteiger charge is 2.30. The minimum Gasteiger partial charge on any atom is -0.495 e. The minimum absolute atomic E-state index is 0.124. The Bertz CT molecular complexity index is 1600. The summed E-state index contributed by atoms with van der Waals surface area (Å²) >= 11 is 0. The molecule has 0 unspecified atom stereocenters. The summed E-state index contributed by atoms with van der Waals surface area (Å²) in [5, 5.41) is 16.8. The minimum atomic E-state index is -4.40. The Morgan fingerprint density at radius 2 is 1.95 bits per heavy atom. The fourth-order valence-electron chi connectivity index (χ4n) is 4.78. The lowest BCUT2D eigenvalue weighted by atomic mass is 9.93. The van der Waals surface area contributed by atoms with E-state index in [1.807, 2.05) is 7.05 Å². The molecule has 2 heterocycles. The number of anilines is 2. The maximum absolute atomic E-state index is 13.3. The van der Waals surface area contributed by atoms with Gasteiger partial charge in [0, 0.05) is 41.7 Å². The number of piperidine rings is 1. The van der Waals surface area contributed by atoms with E-state index < -0.39 is 22.6 Å². The van der Waals surface area contributed by atoms with Crippen molar-refractivity contribution in [1.29, 1.82) is 5.26 Å². The van der Waals surface area contributed by atoms with Gasteiger partial charge in [0.2, 0.25) is 0 Å². The molecule has 1 aromatic heterocycles. The molecule has 212 valence electrons. The van der Waals surface area contributed by atoms with Crippen LogP contribution in [0.5, 0.6) is 5.75 Å². The van der Waals surface area contributed by atoms with Crippen LogP contribution in [0, 0.1) is 29.1 Å². The first-order valence-electron chi connectivity index (χ1n) is 12.5. The maximum Gasteiger partial charge on any atom is 0.406 e. The summed E-state index contributed by atoms with van der Waals surface area (Å²) in [7, 11) is -0.00894. The van der Waals surface area contributed by atoms with Gasteiger partial charge in [0.1, 0.15) is 12.3 Å². The van der Waals surface area contributed by atoms with Gasteiger partial charge in [-0.1, -0.05) is 11.8 Å². The molecule has 12 heteroatoms. The third-order valence-corrected chi connectivity index (χ3v) is 7.87. The van der Waals surface area contributed by atoms with E-state index in [4.69, 9.17) is 4.74 Å². The van der Waals surface area contributed by atoms with Gasteiger partial charge >= 0.3 is 6.18 Å². The van der Waals surface area contributed by atoms with Gasteiger partial charge in [0.25, 0.3) is 0 Å². The average molecular weight is 574 g/mol. The molecule has 4 rings (SSSR count). The number of ether oxygens (including phenoxy) is 1. The van der Waals surface area contributed by atoms with Crippen molar-refractivity contribution in [2.75, 3.05) is 50.7 Å². The monoisotopic (exact) mass is 573 g/mol. The summed E-state index contributed by atoms with van der Waals surface area (Å²) in [6, 6.07) is 11.7. The number of hydrogen-bond donors (Lipinski definition) is 2. The number of likely N-dealkylation sites (tertiary alicyclic amines) is 1. The lowest BCUT2D eigenvalue weighted by Crippen LogP contribution is -2.44. The van der Waals surface area contributed by atoms with Gasteiger partial charge in [-0.2, -0.15) is 18.4 Å². The molecule has 1 aliphatic rings. The quantitative estimate of drug-likeness (QED) is 0.406. The number of benzene rings is 2. The molecule has 0 radical (unpaired) electrons. The highest BCUT2D eigenvalue weighted by Crippen LogP contribution is 2.32. The Hall–Kier alpha value is -3.87. The van der Waals surface area contributed by atoms with Crippen LogP contribution in [-0.4, -0.2) is 70.2 Å². The smallest absolute Gasteiger partial charge is 0.406 e. The fraction of sp³-hybridized carbons (Fsp3) is 0.393. The second-order valence-corrected chi connectivity index (χ2v) is 11.9. The first-order valence-corrected chi connectivity index (χ1v) is 14.4. The molecule has 2 N–H and O–H groups in total. The van der Waals surface area contributed by atoms with E-state index in [-0.39, 0.29) is 23.4 Å². The van der Waals surface area contributed by atoms with Crippen molar-refractivity contribution in [2.45, 2.75) is 30.1 Å². The SMILES string of the molecule is COc1ccc(S(C)(=O)=O)cc1NCC#Cc1cc(N[C@@H]2CCN(C)C[C@@H]2C#N)c2ccn(CC(F)(F)F)c2c1. The number of aromatic nitrogens is 1. The number of methoxy groups -OCH3 is 1. The van der Waals surface area contributed by atoms with E-state index in [0.717, 1.165) is 17.4 Å². The Labute approximate surface area is 231 Å². The van der Waals surface area contributed by atoms with Crippen molar-refractivity contribution in [3.05, 3.63) is 48.2 Å². The van der Waals surface area contributed by atoms with Gasteiger partial charge in [-0.05, 0) is 56.4 Å². The number of nitrogens with one attached hydrogen (secondary N) is 2. The number of rotatable bonds is 7. The summed E-state index contributed by atoms with van der Waals surface area (Å²) in [5.41, 5.74) is 1.94. The predicted molar refractivity (Wildman–Crippen MR) is 148 cm³/mol. The zero-order valence-electron chi connectivity index (χ0n) is 22.3. The maximum atomic E-state index is 13.3. The van der Waals surface area contributed by atoms with Crippen LogP contribution in [0.2, 0.25) is 0 Å². The van der Waals surface area contributed by atoms with E-state index in [1.54, 1.807) is 24.3 Å². The summed E-state index contributed by atoms with van der Waals surface area (Å²) in [5.74, 6) is 6.12. The molecule has 40 heavy (non-hydrogen) atoms. The normalized spacial score (nSPS) is 18.0. The van der Waals surface area contributed by atoms with Gasteiger partial charge in [-0.25, -0.2) is 8.42 Å². The first kappa shape index (κ1) is 29.1. The lowest BCUT2D eigenvalue weighted by Gasteiger charge is -2.34. The van der Waals surface area contributed by atoms with Crippen LogP contribution in [0.15, 0.2) is 47.5 Å². The molecule has 0 bridgehead atoms. The van der Waals surface area contributed by atoms with Crippen molar-refractivity contribution in [3.63, 3.8) is 0 Å². The number of hydrogen-bond acceptors (Lipinski definition) is 7. The highest BCUT2D eigenvalue weighted by molar-refractivity contribution is 7.90. The Balaban J connectivity index is 1.64. The largest absolute Gasteiger partial charge is 0.495 e. The highest BCUT2D eigenvalue weighted by atomic mass is 32.2. The van der Waals surface area contributed by atoms with E-state index in [9.17, 15) is 26.9 Å². The van der Waals surface area contributed by atoms with Gasteiger partial charge in [0.15, 0.2) is 9.84 Å². The van der Waals surface area contributed by atoms with Gasteiger partial charge in [0.05, 0.1) is 41.7 Å². The van der Waals surface area contributed by atoms with Crippen molar-refractivity contribution >= 4 is 32.1 Å².